The molecule has 1 aliphatic heterocycles. The zero-order valence-corrected chi connectivity index (χ0v) is 14.1. The lowest BCUT2D eigenvalue weighted by molar-refractivity contribution is -0.150. The summed E-state index contributed by atoms with van der Waals surface area (Å²) < 4.78 is 5.48. The van der Waals surface area contributed by atoms with Crippen molar-refractivity contribution in [1.82, 2.24) is 4.90 Å². The Labute approximate surface area is 143 Å². The second-order valence-electron chi connectivity index (χ2n) is 6.86. The second-order valence-corrected chi connectivity index (χ2v) is 6.86. The fourth-order valence-electron chi connectivity index (χ4n) is 3.55. The van der Waals surface area contributed by atoms with E-state index in [1.807, 2.05) is 24.3 Å². The number of benzene rings is 1. The third-order valence-electron chi connectivity index (χ3n) is 4.98. The lowest BCUT2D eigenvalue weighted by Crippen LogP contribution is -2.41. The summed E-state index contributed by atoms with van der Waals surface area (Å²) in [5, 5.41) is 0. The molecule has 1 atom stereocenters. The number of fused-ring (bicyclic) bond motifs is 1. The Kier molecular flexibility index (Phi) is 5.51. The smallest absolute Gasteiger partial charge is 0.306 e. The molecule has 1 heterocycles. The van der Waals surface area contributed by atoms with Crippen molar-refractivity contribution in [3.8, 4) is 0 Å². The minimum absolute atomic E-state index is 0.0613. The molecule has 1 saturated carbocycles. The van der Waals surface area contributed by atoms with Gasteiger partial charge >= 0.3 is 5.97 Å². The number of hydrogen-bond acceptors (Lipinski definition) is 4. The molecule has 130 valence electrons. The van der Waals surface area contributed by atoms with Gasteiger partial charge in [0.2, 0.25) is 5.91 Å². The summed E-state index contributed by atoms with van der Waals surface area (Å²) in [5.41, 5.74) is 8.37. The number of esters is 1. The van der Waals surface area contributed by atoms with E-state index in [0.29, 0.717) is 19.5 Å². The number of carbonyl (C=O) groups excluding carboxylic acids is 2. The third-order valence-corrected chi connectivity index (χ3v) is 4.98. The van der Waals surface area contributed by atoms with Crippen LogP contribution in [0.15, 0.2) is 24.3 Å². The van der Waals surface area contributed by atoms with Gasteiger partial charge in [-0.1, -0.05) is 30.7 Å². The monoisotopic (exact) mass is 330 g/mol. The van der Waals surface area contributed by atoms with Gasteiger partial charge in [-0.3, -0.25) is 9.59 Å². The Morgan fingerprint density at radius 3 is 2.38 bits per heavy atom. The quantitative estimate of drug-likeness (QED) is 0.842. The Morgan fingerprint density at radius 1 is 1.12 bits per heavy atom. The molecular weight excluding hydrogens is 304 g/mol. The summed E-state index contributed by atoms with van der Waals surface area (Å²) in [5.74, 6) is -0.313. The molecule has 5 heteroatoms. The van der Waals surface area contributed by atoms with Crippen LogP contribution in [-0.4, -0.2) is 28.9 Å². The highest BCUT2D eigenvalue weighted by Crippen LogP contribution is 2.23. The van der Waals surface area contributed by atoms with E-state index < -0.39 is 6.04 Å². The number of rotatable bonds is 5. The molecule has 2 aliphatic rings. The first-order valence-electron chi connectivity index (χ1n) is 8.94. The number of ether oxygens (including phenoxy) is 1. The first-order chi connectivity index (χ1) is 11.6. The summed E-state index contributed by atoms with van der Waals surface area (Å²) in [4.78, 5) is 26.2. The Morgan fingerprint density at radius 2 is 1.75 bits per heavy atom. The molecule has 0 aromatic heterocycles. The van der Waals surface area contributed by atoms with Crippen LogP contribution < -0.4 is 5.73 Å². The predicted octanol–water partition coefficient (Wildman–Crippen LogP) is 2.51. The molecule has 3 rings (SSSR count). The van der Waals surface area contributed by atoms with Crippen molar-refractivity contribution in [3.05, 3.63) is 35.4 Å². The van der Waals surface area contributed by atoms with Crippen LogP contribution in [0.25, 0.3) is 0 Å². The van der Waals surface area contributed by atoms with Crippen LogP contribution in [-0.2, 0) is 27.4 Å². The van der Waals surface area contributed by atoms with Gasteiger partial charge in [0, 0.05) is 19.5 Å². The summed E-state index contributed by atoms with van der Waals surface area (Å²) >= 11 is 0. The molecule has 1 unspecified atom stereocenters. The van der Waals surface area contributed by atoms with E-state index in [1.54, 1.807) is 4.90 Å². The minimum atomic E-state index is -0.641. The van der Waals surface area contributed by atoms with Gasteiger partial charge in [-0.25, -0.2) is 0 Å². The average molecular weight is 330 g/mol. The van der Waals surface area contributed by atoms with Gasteiger partial charge in [-0.15, -0.1) is 0 Å². The molecule has 0 saturated heterocycles. The highest BCUT2D eigenvalue weighted by molar-refractivity contribution is 5.83. The fraction of sp³-hybridized carbons (Fsp3) is 0.579. The summed E-state index contributed by atoms with van der Waals surface area (Å²) in [7, 11) is 0. The highest BCUT2D eigenvalue weighted by atomic mass is 16.5. The Balaban J connectivity index is 1.42. The second kappa shape index (κ2) is 7.79. The SMILES string of the molecule is NC(CCC(=O)OC1CCCCC1)C(=O)N1Cc2ccccc2C1. The van der Waals surface area contributed by atoms with Crippen LogP contribution >= 0.6 is 0 Å². The van der Waals surface area contributed by atoms with Gasteiger partial charge in [0.25, 0.3) is 0 Å². The number of carbonyl (C=O) groups is 2. The van der Waals surface area contributed by atoms with E-state index in [1.165, 1.54) is 17.5 Å². The molecule has 1 amide bonds. The number of nitrogens with zero attached hydrogens (tertiary/aromatic N) is 1. The first kappa shape index (κ1) is 17.0. The first-order valence-corrected chi connectivity index (χ1v) is 8.94. The molecule has 0 bridgehead atoms. The van der Waals surface area contributed by atoms with Crippen molar-refractivity contribution < 1.29 is 14.3 Å². The maximum atomic E-state index is 12.5. The van der Waals surface area contributed by atoms with Crippen molar-refractivity contribution >= 4 is 11.9 Å². The summed E-state index contributed by atoms with van der Waals surface area (Å²) in [6.45, 7) is 1.21. The van der Waals surface area contributed by atoms with Gasteiger partial charge < -0.3 is 15.4 Å². The lowest BCUT2D eigenvalue weighted by atomic mass is 9.98. The van der Waals surface area contributed by atoms with Crippen LogP contribution in [0.1, 0.15) is 56.1 Å². The van der Waals surface area contributed by atoms with E-state index in [9.17, 15) is 9.59 Å². The number of nitrogens with two attached hydrogens (primary N) is 1. The molecule has 0 spiro atoms. The topological polar surface area (TPSA) is 72.6 Å². The Hall–Kier alpha value is -1.88. The van der Waals surface area contributed by atoms with E-state index in [2.05, 4.69) is 0 Å². The Bertz CT molecular complexity index is 571. The summed E-state index contributed by atoms with van der Waals surface area (Å²) in [6, 6.07) is 7.39. The van der Waals surface area contributed by atoms with Crippen LogP contribution in [0.2, 0.25) is 0 Å². The van der Waals surface area contributed by atoms with Gasteiger partial charge in [-0.2, -0.15) is 0 Å². The third kappa shape index (κ3) is 4.15. The van der Waals surface area contributed by atoms with Gasteiger partial charge in [0.05, 0.1) is 6.04 Å². The zero-order valence-electron chi connectivity index (χ0n) is 14.1. The molecule has 1 aliphatic carbocycles. The minimum Gasteiger partial charge on any atom is -0.462 e. The van der Waals surface area contributed by atoms with Crippen LogP contribution in [0.3, 0.4) is 0 Å². The van der Waals surface area contributed by atoms with Crippen LogP contribution in [0.5, 0.6) is 0 Å². The van der Waals surface area contributed by atoms with Crippen molar-refractivity contribution in [3.63, 3.8) is 0 Å². The molecule has 24 heavy (non-hydrogen) atoms. The van der Waals surface area contributed by atoms with Crippen molar-refractivity contribution in [2.75, 3.05) is 0 Å². The molecule has 0 radical (unpaired) electrons. The predicted molar refractivity (Wildman–Crippen MR) is 90.9 cm³/mol. The molecule has 1 aromatic rings. The standard InChI is InChI=1S/C19H26N2O3/c20-17(10-11-18(22)24-16-8-2-1-3-9-16)19(23)21-12-14-6-4-5-7-15(14)13-21/h4-7,16-17H,1-3,8-13,20H2. The lowest BCUT2D eigenvalue weighted by Gasteiger charge is -2.23. The number of amides is 1. The maximum absolute atomic E-state index is 12.5. The normalized spacial score (nSPS) is 19.0. The molecule has 1 aromatic carbocycles. The van der Waals surface area contributed by atoms with Crippen LogP contribution in [0, 0.1) is 0 Å². The largest absolute Gasteiger partial charge is 0.462 e. The van der Waals surface area contributed by atoms with Gasteiger partial charge in [0.15, 0.2) is 0 Å². The van der Waals surface area contributed by atoms with E-state index in [0.717, 1.165) is 25.7 Å². The van der Waals surface area contributed by atoms with Crippen molar-refractivity contribution in [2.24, 2.45) is 5.73 Å². The van der Waals surface area contributed by atoms with Gasteiger partial charge in [-0.05, 0) is 43.2 Å². The molecule has 1 fully saturated rings. The van der Waals surface area contributed by atoms with E-state index in [-0.39, 0.29) is 24.4 Å². The number of hydrogen-bond donors (Lipinski definition) is 1. The highest BCUT2D eigenvalue weighted by Gasteiger charge is 2.27. The molecular formula is C19H26N2O3. The molecule has 5 nitrogen and oxygen atoms in total. The van der Waals surface area contributed by atoms with Gasteiger partial charge in [0.1, 0.15) is 6.10 Å². The van der Waals surface area contributed by atoms with Crippen LogP contribution in [0.4, 0.5) is 0 Å². The fourth-order valence-corrected chi connectivity index (χ4v) is 3.55. The maximum Gasteiger partial charge on any atom is 0.306 e. The molecule has 2 N–H and O–H groups in total. The summed E-state index contributed by atoms with van der Waals surface area (Å²) in [6.07, 6.45) is 6.03. The average Bonchev–Trinajstić information content (AvgIpc) is 3.04. The van der Waals surface area contributed by atoms with Crippen molar-refractivity contribution in [2.45, 2.75) is 70.2 Å². The zero-order chi connectivity index (χ0) is 16.9. The van der Waals surface area contributed by atoms with Crippen molar-refractivity contribution in [1.29, 1.82) is 0 Å². The van der Waals surface area contributed by atoms with E-state index >= 15 is 0 Å². The van der Waals surface area contributed by atoms with E-state index in [4.69, 9.17) is 10.5 Å².